The Labute approximate surface area is 165 Å². The number of rotatable bonds is 6. The zero-order valence-corrected chi connectivity index (χ0v) is 17.2. The van der Waals surface area contributed by atoms with Gasteiger partial charge >= 0.3 is 5.97 Å². The summed E-state index contributed by atoms with van der Waals surface area (Å²) in [6.45, 7) is 8.05. The Morgan fingerprint density at radius 2 is 1.81 bits per heavy atom. The van der Waals surface area contributed by atoms with E-state index >= 15 is 0 Å². The third kappa shape index (κ3) is 3.31. The molecular formula is C21H20O4S2. The Morgan fingerprint density at radius 3 is 2.37 bits per heavy atom. The van der Waals surface area contributed by atoms with Gasteiger partial charge in [-0.15, -0.1) is 11.3 Å². The van der Waals surface area contributed by atoms with E-state index in [9.17, 15) is 14.7 Å². The number of hydrogen-bond donors (Lipinski definition) is 1. The lowest BCUT2D eigenvalue weighted by atomic mass is 9.92. The summed E-state index contributed by atoms with van der Waals surface area (Å²) >= 11 is 2.97. The van der Waals surface area contributed by atoms with Crippen molar-refractivity contribution in [3.05, 3.63) is 50.7 Å². The molecule has 0 aliphatic carbocycles. The maximum atomic E-state index is 12.3. The van der Waals surface area contributed by atoms with Crippen molar-refractivity contribution < 1.29 is 19.4 Å². The van der Waals surface area contributed by atoms with Gasteiger partial charge < -0.3 is 9.84 Å². The van der Waals surface area contributed by atoms with Gasteiger partial charge in [-0.3, -0.25) is 4.79 Å². The summed E-state index contributed by atoms with van der Waals surface area (Å²) in [6, 6.07) is 7.63. The third-order valence-corrected chi connectivity index (χ3v) is 6.73. The van der Waals surface area contributed by atoms with E-state index in [2.05, 4.69) is 0 Å². The molecule has 140 valence electrons. The van der Waals surface area contributed by atoms with Crippen LogP contribution in [0, 0.1) is 20.8 Å². The van der Waals surface area contributed by atoms with E-state index in [1.54, 1.807) is 11.3 Å². The monoisotopic (exact) mass is 400 g/mol. The van der Waals surface area contributed by atoms with Gasteiger partial charge in [-0.2, -0.15) is 0 Å². The van der Waals surface area contributed by atoms with Crippen LogP contribution in [0.3, 0.4) is 0 Å². The molecule has 0 aliphatic heterocycles. The van der Waals surface area contributed by atoms with E-state index in [0.29, 0.717) is 29.1 Å². The fourth-order valence-electron chi connectivity index (χ4n) is 3.27. The van der Waals surface area contributed by atoms with Gasteiger partial charge in [-0.25, -0.2) is 4.79 Å². The average Bonchev–Trinajstić information content (AvgIpc) is 3.10. The van der Waals surface area contributed by atoms with Gasteiger partial charge in [0.25, 0.3) is 0 Å². The number of thiophene rings is 2. The van der Waals surface area contributed by atoms with Crippen LogP contribution in [0.1, 0.15) is 33.4 Å². The number of carbonyl (C=O) groups is 2. The molecule has 2 aromatic heterocycles. The number of aldehydes is 1. The number of aryl methyl sites for hydroxylation is 2. The van der Waals surface area contributed by atoms with Crippen molar-refractivity contribution in [1.29, 1.82) is 0 Å². The summed E-state index contributed by atoms with van der Waals surface area (Å²) in [4.78, 5) is 26.4. The summed E-state index contributed by atoms with van der Waals surface area (Å²) in [5.74, 6) is -1.11. The average molecular weight is 401 g/mol. The largest absolute Gasteiger partial charge is 0.484 e. The van der Waals surface area contributed by atoms with Crippen molar-refractivity contribution in [2.45, 2.75) is 27.7 Å². The Bertz CT molecular complexity index is 1070. The van der Waals surface area contributed by atoms with Crippen LogP contribution in [-0.2, 0) is 9.59 Å². The predicted octanol–water partition coefficient (Wildman–Crippen LogP) is 5.48. The highest BCUT2D eigenvalue weighted by Crippen LogP contribution is 2.45. The summed E-state index contributed by atoms with van der Waals surface area (Å²) in [5.41, 5.74) is 2.28. The zero-order valence-electron chi connectivity index (χ0n) is 15.6. The number of aliphatic carboxylic acids is 1. The molecule has 0 unspecified atom stereocenters. The number of carboxylic acids is 1. The Kier molecular flexibility index (Phi) is 5.48. The second kappa shape index (κ2) is 7.66. The van der Waals surface area contributed by atoms with Crippen molar-refractivity contribution >= 4 is 56.2 Å². The molecule has 1 aromatic carbocycles. The molecule has 0 spiro atoms. The van der Waals surface area contributed by atoms with Crippen LogP contribution in [0.4, 0.5) is 0 Å². The summed E-state index contributed by atoms with van der Waals surface area (Å²) in [7, 11) is 0. The van der Waals surface area contributed by atoms with Gasteiger partial charge in [-0.05, 0) is 39.3 Å². The highest BCUT2D eigenvalue weighted by Gasteiger charge is 2.27. The van der Waals surface area contributed by atoms with Crippen LogP contribution in [0.15, 0.2) is 24.3 Å². The first-order chi connectivity index (χ1) is 12.9. The first-order valence-corrected chi connectivity index (χ1v) is 10.2. The number of carbonyl (C=O) groups excluding carboxylic acids is 1. The predicted molar refractivity (Wildman–Crippen MR) is 112 cm³/mol. The SMILES string of the molecule is CCOc1sc2ccccc2c1/C(C=O)=C(/C(=O)O)c1c(C)sc(C)c1C. The minimum atomic E-state index is -1.11. The van der Waals surface area contributed by atoms with Crippen LogP contribution in [0.5, 0.6) is 5.06 Å². The zero-order chi connectivity index (χ0) is 19.7. The normalized spacial score (nSPS) is 12.1. The van der Waals surface area contributed by atoms with Crippen LogP contribution < -0.4 is 4.74 Å². The smallest absolute Gasteiger partial charge is 0.337 e. The van der Waals surface area contributed by atoms with Gasteiger partial charge in [0.05, 0.1) is 12.2 Å². The molecule has 0 saturated carbocycles. The van der Waals surface area contributed by atoms with E-state index < -0.39 is 5.97 Å². The molecule has 6 heteroatoms. The molecule has 3 aromatic rings. The fraction of sp³-hybridized carbons (Fsp3) is 0.238. The van der Waals surface area contributed by atoms with Crippen molar-refractivity contribution in [2.75, 3.05) is 6.61 Å². The Hall–Kier alpha value is -2.44. The van der Waals surface area contributed by atoms with E-state index in [4.69, 9.17) is 4.74 Å². The standard InChI is InChI=1S/C21H20O4S2/c1-5-25-21-18(14-8-6-7-9-16(14)27-21)15(10-22)19(20(23)24)17-11(2)12(3)26-13(17)4/h6-10H,5H2,1-4H3,(H,23,24)/b19-15+. The van der Waals surface area contributed by atoms with E-state index in [1.165, 1.54) is 11.3 Å². The van der Waals surface area contributed by atoms with Crippen LogP contribution in [-0.4, -0.2) is 24.0 Å². The molecule has 0 fully saturated rings. The highest BCUT2D eigenvalue weighted by molar-refractivity contribution is 7.21. The molecule has 0 amide bonds. The van der Waals surface area contributed by atoms with Gasteiger partial charge in [0.2, 0.25) is 0 Å². The maximum Gasteiger partial charge on any atom is 0.337 e. The van der Waals surface area contributed by atoms with Gasteiger partial charge in [0.1, 0.15) is 0 Å². The van der Waals surface area contributed by atoms with E-state index in [1.807, 2.05) is 52.0 Å². The quantitative estimate of drug-likeness (QED) is 0.439. The molecule has 0 saturated heterocycles. The maximum absolute atomic E-state index is 12.3. The second-order valence-electron chi connectivity index (χ2n) is 6.12. The van der Waals surface area contributed by atoms with Gasteiger partial charge in [0.15, 0.2) is 11.3 Å². The lowest BCUT2D eigenvalue weighted by Crippen LogP contribution is -2.07. The van der Waals surface area contributed by atoms with Crippen LogP contribution >= 0.6 is 22.7 Å². The lowest BCUT2D eigenvalue weighted by molar-refractivity contribution is -0.130. The Balaban J connectivity index is 2.44. The number of hydrogen-bond acceptors (Lipinski definition) is 5. The van der Waals surface area contributed by atoms with Crippen LogP contribution in [0.2, 0.25) is 0 Å². The first kappa shape index (κ1) is 19.3. The minimum absolute atomic E-state index is 0.0360. The first-order valence-electron chi connectivity index (χ1n) is 8.55. The highest BCUT2D eigenvalue weighted by atomic mass is 32.1. The summed E-state index contributed by atoms with van der Waals surface area (Å²) < 4.78 is 6.73. The van der Waals surface area contributed by atoms with Crippen molar-refractivity contribution in [3.63, 3.8) is 0 Å². The molecule has 3 rings (SSSR count). The topological polar surface area (TPSA) is 63.6 Å². The number of allylic oxidation sites excluding steroid dienone is 1. The lowest BCUT2D eigenvalue weighted by Gasteiger charge is -2.11. The molecule has 0 bridgehead atoms. The molecule has 4 nitrogen and oxygen atoms in total. The van der Waals surface area contributed by atoms with E-state index in [0.717, 1.165) is 25.4 Å². The number of fused-ring (bicyclic) bond motifs is 1. The molecular weight excluding hydrogens is 380 g/mol. The number of ether oxygens (including phenoxy) is 1. The second-order valence-corrected chi connectivity index (χ2v) is 8.56. The molecule has 1 N–H and O–H groups in total. The summed E-state index contributed by atoms with van der Waals surface area (Å²) in [6.07, 6.45) is 0.645. The molecule has 27 heavy (non-hydrogen) atoms. The summed E-state index contributed by atoms with van der Waals surface area (Å²) in [5, 5.41) is 11.4. The third-order valence-electron chi connectivity index (χ3n) is 4.52. The number of carboxylic acid groups (broad SMARTS) is 1. The number of benzene rings is 1. The molecule has 0 radical (unpaired) electrons. The van der Waals surface area contributed by atoms with Crippen LogP contribution in [0.25, 0.3) is 21.2 Å². The van der Waals surface area contributed by atoms with Crippen molar-refractivity contribution in [2.24, 2.45) is 0 Å². The fourth-order valence-corrected chi connectivity index (χ4v) is 5.47. The van der Waals surface area contributed by atoms with Crippen molar-refractivity contribution in [3.8, 4) is 5.06 Å². The van der Waals surface area contributed by atoms with Crippen molar-refractivity contribution in [1.82, 2.24) is 0 Å². The van der Waals surface area contributed by atoms with E-state index in [-0.39, 0.29) is 11.1 Å². The van der Waals surface area contributed by atoms with Gasteiger partial charge in [-0.1, -0.05) is 29.5 Å². The van der Waals surface area contributed by atoms with Gasteiger partial charge in [0, 0.05) is 36.5 Å². The minimum Gasteiger partial charge on any atom is -0.484 e. The molecule has 0 atom stereocenters. The molecule has 0 aliphatic rings. The molecule has 2 heterocycles. The Morgan fingerprint density at radius 1 is 1.11 bits per heavy atom.